The van der Waals surface area contributed by atoms with E-state index < -0.39 is 6.04 Å². The number of nitrogens with one attached hydrogen (secondary N) is 2. The number of fused-ring (bicyclic) bond motifs is 1. The van der Waals surface area contributed by atoms with E-state index in [1.165, 1.54) is 14.2 Å². The number of halogens is 1. The number of ether oxygens (including phenoxy) is 2. The third-order valence-corrected chi connectivity index (χ3v) is 4.84. The fourth-order valence-electron chi connectivity index (χ4n) is 3.01. The Labute approximate surface area is 173 Å². The summed E-state index contributed by atoms with van der Waals surface area (Å²) < 4.78 is 11.0. The lowest BCUT2D eigenvalue weighted by atomic mass is 9.94. The van der Waals surface area contributed by atoms with E-state index in [-0.39, 0.29) is 51.7 Å². The Kier molecular flexibility index (Phi) is 5.21. The number of nitrogen functional groups attached to an aromatic ring is 2. The molecule has 0 spiro atoms. The van der Waals surface area contributed by atoms with Gasteiger partial charge in [0.2, 0.25) is 11.7 Å². The minimum Gasteiger partial charge on any atom is -0.504 e. The number of aromatic hydroxyl groups is 1. The summed E-state index contributed by atoms with van der Waals surface area (Å²) in [5.74, 6) is 0.285. The largest absolute Gasteiger partial charge is 0.504 e. The fraction of sp³-hybridized carbons (Fsp3) is 0.176. The number of phenolic OH excluding ortho intramolecular Hbond substituents is 1. The predicted octanol–water partition coefficient (Wildman–Crippen LogP) is 1.54. The first-order valence-electron chi connectivity index (χ1n) is 8.00. The maximum atomic E-state index is 10.8. The number of methoxy groups -OCH3 is 2. The summed E-state index contributed by atoms with van der Waals surface area (Å²) in [6, 6.07) is 2.56. The second-order valence-electron chi connectivity index (χ2n) is 5.76. The summed E-state index contributed by atoms with van der Waals surface area (Å²) in [7, 11) is 2.80. The van der Waals surface area contributed by atoms with Crippen LogP contribution in [0, 0.1) is 22.8 Å². The molecule has 1 aliphatic rings. The lowest BCUT2D eigenvalue weighted by Gasteiger charge is -2.27. The molecule has 3 rings (SSSR count). The smallest absolute Gasteiger partial charge is 0.211 e. The van der Waals surface area contributed by atoms with Gasteiger partial charge in [-0.2, -0.15) is 10.5 Å². The number of guanidine groups is 1. The van der Waals surface area contributed by atoms with E-state index in [4.69, 9.17) is 26.2 Å². The molecule has 1 aromatic heterocycles. The van der Waals surface area contributed by atoms with Crippen molar-refractivity contribution < 1.29 is 14.6 Å². The minimum atomic E-state index is -0.932. The Morgan fingerprint density at radius 3 is 2.55 bits per heavy atom. The molecule has 0 radical (unpaired) electrons. The van der Waals surface area contributed by atoms with Crippen LogP contribution >= 0.6 is 15.9 Å². The van der Waals surface area contributed by atoms with Gasteiger partial charge in [0, 0.05) is 11.1 Å². The van der Waals surface area contributed by atoms with Crippen LogP contribution in [0.15, 0.2) is 15.5 Å². The van der Waals surface area contributed by atoms with Crippen LogP contribution < -0.4 is 31.6 Å². The van der Waals surface area contributed by atoms with E-state index in [1.54, 1.807) is 12.3 Å². The number of rotatable bonds is 3. The summed E-state index contributed by atoms with van der Waals surface area (Å²) in [5, 5.41) is 34.4. The number of benzene rings is 1. The van der Waals surface area contributed by atoms with Crippen LogP contribution in [0.3, 0.4) is 0 Å². The summed E-state index contributed by atoms with van der Waals surface area (Å²) in [5.41, 5.74) is 12.6. The average Bonchev–Trinajstić information content (AvgIpc) is 2.68. The highest BCUT2D eigenvalue weighted by atomic mass is 79.9. The van der Waals surface area contributed by atoms with Crippen molar-refractivity contribution in [1.29, 1.82) is 10.5 Å². The van der Waals surface area contributed by atoms with Crippen LogP contribution in [0.25, 0.3) is 0 Å². The molecule has 1 aromatic carbocycles. The molecule has 0 bridgehead atoms. The average molecular weight is 459 g/mol. The van der Waals surface area contributed by atoms with Crippen LogP contribution in [0.2, 0.25) is 0 Å². The van der Waals surface area contributed by atoms with Crippen molar-refractivity contribution >= 4 is 39.2 Å². The zero-order valence-electron chi connectivity index (χ0n) is 15.2. The van der Waals surface area contributed by atoms with Gasteiger partial charge in [-0.1, -0.05) is 0 Å². The Morgan fingerprint density at radius 2 is 1.97 bits per heavy atom. The van der Waals surface area contributed by atoms with Crippen molar-refractivity contribution in [3.8, 4) is 29.5 Å². The van der Waals surface area contributed by atoms with Crippen molar-refractivity contribution in [3.05, 3.63) is 27.2 Å². The number of hydrogen-bond donors (Lipinski definition) is 5. The molecule has 2 aromatic rings. The second-order valence-corrected chi connectivity index (χ2v) is 6.62. The van der Waals surface area contributed by atoms with Gasteiger partial charge >= 0.3 is 0 Å². The topological polar surface area (TPSA) is 188 Å². The lowest BCUT2D eigenvalue weighted by molar-refractivity contribution is 0.329. The van der Waals surface area contributed by atoms with Gasteiger partial charge in [-0.3, -0.25) is 5.32 Å². The number of hydrogen-bond acceptors (Lipinski definition) is 11. The van der Waals surface area contributed by atoms with Gasteiger partial charge < -0.3 is 31.4 Å². The lowest BCUT2D eigenvalue weighted by Crippen LogP contribution is -2.32. The van der Waals surface area contributed by atoms with Gasteiger partial charge in [-0.05, 0) is 22.0 Å². The summed E-state index contributed by atoms with van der Waals surface area (Å²) in [6.45, 7) is 0. The van der Waals surface area contributed by atoms with Crippen molar-refractivity contribution in [2.24, 2.45) is 4.99 Å². The Balaban J connectivity index is 2.34. The highest BCUT2D eigenvalue weighted by molar-refractivity contribution is 9.10. The van der Waals surface area contributed by atoms with E-state index in [1.807, 2.05) is 6.07 Å². The third kappa shape index (κ3) is 3.15. The third-order valence-electron chi connectivity index (χ3n) is 4.25. The molecule has 11 nitrogen and oxygen atoms in total. The van der Waals surface area contributed by atoms with E-state index in [0.717, 1.165) is 0 Å². The zero-order valence-corrected chi connectivity index (χ0v) is 16.8. The SMILES string of the molecule is COc1c(Br)cc(C2N=C(NC#N)Nc3nc(N)c(C#N)c(N)c32)c(O)c1OC. The highest BCUT2D eigenvalue weighted by Gasteiger charge is 2.33. The van der Waals surface area contributed by atoms with Gasteiger partial charge in [0.05, 0.1) is 24.4 Å². The van der Waals surface area contributed by atoms with E-state index in [2.05, 4.69) is 36.5 Å². The molecule has 12 heteroatoms. The molecular weight excluding hydrogens is 444 g/mol. The first-order valence-corrected chi connectivity index (χ1v) is 8.79. The molecule has 0 saturated heterocycles. The van der Waals surface area contributed by atoms with E-state index in [9.17, 15) is 10.4 Å². The number of nitriles is 2. The standard InChI is InChI=1S/C17H15BrN8O3/c1-28-13-8(18)3-6(12(27)14(13)29-2)11-9-10(21)7(4-19)15(22)25-16(9)26-17(24-11)23-5-20/h3,11,27H,1-2H3,(H6,21,22,23,24,25,26). The first kappa shape index (κ1) is 19.9. The van der Waals surface area contributed by atoms with Gasteiger partial charge in [0.1, 0.15) is 29.3 Å². The number of pyridine rings is 1. The summed E-state index contributed by atoms with van der Waals surface area (Å²) in [6.07, 6.45) is 1.76. The number of aliphatic imine (C=N–C) groups is 1. The Hall–Kier alpha value is -3.90. The maximum absolute atomic E-state index is 10.8. The molecule has 1 aliphatic heterocycles. The van der Waals surface area contributed by atoms with Crippen molar-refractivity contribution in [2.45, 2.75) is 6.04 Å². The predicted molar refractivity (Wildman–Crippen MR) is 108 cm³/mol. The number of nitrogens with zero attached hydrogens (tertiary/aromatic N) is 4. The molecule has 0 fully saturated rings. The van der Waals surface area contributed by atoms with Crippen LogP contribution in [-0.4, -0.2) is 30.3 Å². The molecule has 148 valence electrons. The van der Waals surface area contributed by atoms with Crippen molar-refractivity contribution in [2.75, 3.05) is 31.0 Å². The van der Waals surface area contributed by atoms with Gasteiger partial charge in [0.25, 0.3) is 0 Å². The molecule has 0 amide bonds. The Morgan fingerprint density at radius 1 is 1.28 bits per heavy atom. The normalized spacial score (nSPS) is 14.5. The zero-order chi connectivity index (χ0) is 21.3. The monoisotopic (exact) mass is 458 g/mol. The molecule has 2 heterocycles. The van der Waals surface area contributed by atoms with E-state index in [0.29, 0.717) is 10.0 Å². The van der Waals surface area contributed by atoms with Crippen LogP contribution in [0.5, 0.6) is 17.2 Å². The summed E-state index contributed by atoms with van der Waals surface area (Å²) in [4.78, 5) is 8.57. The second kappa shape index (κ2) is 7.61. The van der Waals surface area contributed by atoms with Crippen molar-refractivity contribution in [1.82, 2.24) is 10.3 Å². The molecule has 1 unspecified atom stereocenters. The van der Waals surface area contributed by atoms with Crippen LogP contribution in [-0.2, 0) is 0 Å². The molecule has 1 atom stereocenters. The van der Waals surface area contributed by atoms with Crippen LogP contribution in [0.1, 0.15) is 22.7 Å². The maximum Gasteiger partial charge on any atom is 0.211 e. The first-order chi connectivity index (χ1) is 13.9. The summed E-state index contributed by atoms with van der Waals surface area (Å²) >= 11 is 3.38. The van der Waals surface area contributed by atoms with Gasteiger partial charge in [-0.25, -0.2) is 9.98 Å². The molecule has 0 aliphatic carbocycles. The molecule has 29 heavy (non-hydrogen) atoms. The van der Waals surface area contributed by atoms with Gasteiger partial charge in [-0.15, -0.1) is 0 Å². The van der Waals surface area contributed by atoms with Crippen LogP contribution in [0.4, 0.5) is 17.3 Å². The molecular formula is C17H15BrN8O3. The minimum absolute atomic E-state index is 0.0125. The molecule has 0 saturated carbocycles. The fourth-order valence-corrected chi connectivity index (χ4v) is 3.60. The Bertz CT molecular complexity index is 1120. The number of aromatic nitrogens is 1. The highest BCUT2D eigenvalue weighted by Crippen LogP contribution is 2.50. The van der Waals surface area contributed by atoms with E-state index >= 15 is 0 Å². The quantitative estimate of drug-likeness (QED) is 0.333. The van der Waals surface area contributed by atoms with Crippen molar-refractivity contribution in [3.63, 3.8) is 0 Å². The number of anilines is 3. The van der Waals surface area contributed by atoms with Gasteiger partial charge in [0.15, 0.2) is 17.7 Å². The number of phenols is 1. The number of nitrogens with two attached hydrogens (primary N) is 2. The molecule has 7 N–H and O–H groups in total.